The number of hydrogen-bond acceptors (Lipinski definition) is 0. The van der Waals surface area contributed by atoms with Crippen LogP contribution in [0.4, 0.5) is 13.2 Å². The van der Waals surface area contributed by atoms with Crippen molar-refractivity contribution in [1.29, 1.82) is 0 Å². The van der Waals surface area contributed by atoms with Gasteiger partial charge in [-0.05, 0) is 19.3 Å². The van der Waals surface area contributed by atoms with Gasteiger partial charge in [0, 0.05) is 5.57 Å². The minimum atomic E-state index is -4.22. The first kappa shape index (κ1) is 10.3. The van der Waals surface area contributed by atoms with Crippen molar-refractivity contribution in [3.05, 3.63) is 24.8 Å². The van der Waals surface area contributed by atoms with Crippen molar-refractivity contribution in [3.63, 3.8) is 0 Å². The molecule has 64 valence electrons. The molecule has 0 aromatic rings. The molecule has 0 heterocycles. The van der Waals surface area contributed by atoms with Gasteiger partial charge < -0.3 is 0 Å². The third-order valence-electron chi connectivity index (χ3n) is 1.29. The fourth-order valence-electron chi connectivity index (χ4n) is 0.602. The van der Waals surface area contributed by atoms with E-state index in [1.54, 1.807) is 6.08 Å². The standard InChI is InChI=1S/C8H11F3/c1-3-4-5-6-7(2)8(9,10)11/h3H,1-2,4-6H2. The summed E-state index contributed by atoms with van der Waals surface area (Å²) in [7, 11) is 0. The largest absolute Gasteiger partial charge is 0.412 e. The van der Waals surface area contributed by atoms with Crippen LogP contribution in [0.2, 0.25) is 0 Å². The molecule has 0 rings (SSSR count). The lowest BCUT2D eigenvalue weighted by Gasteiger charge is -2.08. The highest BCUT2D eigenvalue weighted by atomic mass is 19.4. The average Bonchev–Trinajstić information content (AvgIpc) is 1.86. The lowest BCUT2D eigenvalue weighted by molar-refractivity contribution is -0.0936. The molecule has 0 radical (unpaired) electrons. The molecule has 0 fully saturated rings. The zero-order valence-electron chi connectivity index (χ0n) is 6.25. The highest BCUT2D eigenvalue weighted by Gasteiger charge is 2.30. The van der Waals surface area contributed by atoms with Crippen LogP contribution in [0.3, 0.4) is 0 Å². The Bertz CT molecular complexity index is 144. The maximum Gasteiger partial charge on any atom is 0.412 e. The van der Waals surface area contributed by atoms with Crippen LogP contribution in [0.5, 0.6) is 0 Å². The second-order valence-corrected chi connectivity index (χ2v) is 2.28. The van der Waals surface area contributed by atoms with Crippen LogP contribution in [-0.4, -0.2) is 6.18 Å². The third kappa shape index (κ3) is 4.65. The Labute approximate surface area is 64.4 Å². The van der Waals surface area contributed by atoms with Gasteiger partial charge in [0.15, 0.2) is 0 Å². The molecule has 0 saturated heterocycles. The normalized spacial score (nSPS) is 11.2. The first-order valence-electron chi connectivity index (χ1n) is 3.34. The van der Waals surface area contributed by atoms with E-state index in [9.17, 15) is 13.2 Å². The Kier molecular flexibility index (Phi) is 3.93. The SMILES string of the molecule is C=CCCCC(=C)C(F)(F)F. The Balaban J connectivity index is 3.62. The second-order valence-electron chi connectivity index (χ2n) is 2.28. The minimum absolute atomic E-state index is 0.00944. The van der Waals surface area contributed by atoms with Crippen LogP contribution in [0.1, 0.15) is 19.3 Å². The van der Waals surface area contributed by atoms with E-state index < -0.39 is 11.7 Å². The molecule has 0 aliphatic carbocycles. The summed E-state index contributed by atoms with van der Waals surface area (Å²) in [6.07, 6.45) is -1.53. The van der Waals surface area contributed by atoms with E-state index in [1.165, 1.54) is 0 Å². The van der Waals surface area contributed by atoms with E-state index in [0.29, 0.717) is 12.8 Å². The van der Waals surface area contributed by atoms with E-state index in [0.717, 1.165) is 0 Å². The van der Waals surface area contributed by atoms with Crippen LogP contribution in [0, 0.1) is 0 Å². The number of alkyl halides is 3. The van der Waals surface area contributed by atoms with Gasteiger partial charge in [-0.3, -0.25) is 0 Å². The summed E-state index contributed by atoms with van der Waals surface area (Å²) in [4.78, 5) is 0. The molecule has 11 heavy (non-hydrogen) atoms. The van der Waals surface area contributed by atoms with Crippen molar-refractivity contribution in [2.75, 3.05) is 0 Å². The molecule has 0 nitrogen and oxygen atoms in total. The number of rotatable bonds is 4. The van der Waals surface area contributed by atoms with Gasteiger partial charge in [-0.25, -0.2) is 0 Å². The lowest BCUT2D eigenvalue weighted by atomic mass is 10.1. The topological polar surface area (TPSA) is 0 Å². The first-order valence-corrected chi connectivity index (χ1v) is 3.34. The number of unbranched alkanes of at least 4 members (excludes halogenated alkanes) is 1. The van der Waals surface area contributed by atoms with Crippen molar-refractivity contribution in [3.8, 4) is 0 Å². The van der Waals surface area contributed by atoms with Crippen LogP contribution in [0.25, 0.3) is 0 Å². The minimum Gasteiger partial charge on any atom is -0.167 e. The monoisotopic (exact) mass is 164 g/mol. The molecule has 0 atom stereocenters. The molecule has 0 aromatic carbocycles. The Morgan fingerprint density at radius 1 is 1.36 bits per heavy atom. The lowest BCUT2D eigenvalue weighted by Crippen LogP contribution is -2.10. The van der Waals surface area contributed by atoms with Gasteiger partial charge >= 0.3 is 6.18 Å². The Morgan fingerprint density at radius 3 is 2.27 bits per heavy atom. The molecular formula is C8H11F3. The summed E-state index contributed by atoms with van der Waals surface area (Å²) < 4.78 is 35.3. The highest BCUT2D eigenvalue weighted by molar-refractivity contribution is 5.02. The third-order valence-corrected chi connectivity index (χ3v) is 1.29. The van der Waals surface area contributed by atoms with Gasteiger partial charge in [0.25, 0.3) is 0 Å². The fraction of sp³-hybridized carbons (Fsp3) is 0.500. The van der Waals surface area contributed by atoms with E-state index in [4.69, 9.17) is 0 Å². The predicted octanol–water partition coefficient (Wildman–Crippen LogP) is 3.46. The highest BCUT2D eigenvalue weighted by Crippen LogP contribution is 2.27. The summed E-state index contributed by atoms with van der Waals surface area (Å²) in [6.45, 7) is 6.35. The maximum absolute atomic E-state index is 11.8. The summed E-state index contributed by atoms with van der Waals surface area (Å²) in [6, 6.07) is 0. The van der Waals surface area contributed by atoms with E-state index in [1.807, 2.05) is 0 Å². The van der Waals surface area contributed by atoms with E-state index >= 15 is 0 Å². The Morgan fingerprint density at radius 2 is 1.91 bits per heavy atom. The predicted molar refractivity (Wildman–Crippen MR) is 39.2 cm³/mol. The summed E-state index contributed by atoms with van der Waals surface area (Å²) in [5, 5.41) is 0. The number of hydrogen-bond donors (Lipinski definition) is 0. The average molecular weight is 164 g/mol. The van der Waals surface area contributed by atoms with Gasteiger partial charge in [0.1, 0.15) is 0 Å². The van der Waals surface area contributed by atoms with Crippen LogP contribution < -0.4 is 0 Å². The summed E-state index contributed by atoms with van der Waals surface area (Å²) >= 11 is 0. The van der Waals surface area contributed by atoms with E-state index in [-0.39, 0.29) is 6.42 Å². The molecule has 0 aliphatic rings. The summed E-state index contributed by atoms with van der Waals surface area (Å²) in [5.41, 5.74) is -0.653. The number of allylic oxidation sites excluding steroid dienone is 2. The molecule has 0 N–H and O–H groups in total. The number of halogens is 3. The molecular weight excluding hydrogens is 153 g/mol. The quantitative estimate of drug-likeness (QED) is 0.441. The molecule has 3 heteroatoms. The maximum atomic E-state index is 11.8. The van der Waals surface area contributed by atoms with Crippen LogP contribution in [0.15, 0.2) is 24.8 Å². The van der Waals surface area contributed by atoms with Crippen molar-refractivity contribution in [2.24, 2.45) is 0 Å². The molecule has 0 saturated carbocycles. The summed E-state index contributed by atoms with van der Waals surface area (Å²) in [5.74, 6) is 0. The molecule has 0 unspecified atom stereocenters. The zero-order chi connectivity index (χ0) is 8.91. The van der Waals surface area contributed by atoms with Crippen molar-refractivity contribution >= 4 is 0 Å². The van der Waals surface area contributed by atoms with Gasteiger partial charge in [0.05, 0.1) is 0 Å². The van der Waals surface area contributed by atoms with Gasteiger partial charge in [-0.1, -0.05) is 12.7 Å². The fourth-order valence-corrected chi connectivity index (χ4v) is 0.602. The van der Waals surface area contributed by atoms with Crippen molar-refractivity contribution < 1.29 is 13.2 Å². The van der Waals surface area contributed by atoms with E-state index in [2.05, 4.69) is 13.2 Å². The molecule has 0 bridgehead atoms. The second kappa shape index (κ2) is 4.21. The first-order chi connectivity index (χ1) is 4.98. The molecule has 0 aliphatic heterocycles. The Hall–Kier alpha value is -0.730. The molecule has 0 aromatic heterocycles. The smallest absolute Gasteiger partial charge is 0.167 e. The van der Waals surface area contributed by atoms with Crippen molar-refractivity contribution in [2.45, 2.75) is 25.4 Å². The van der Waals surface area contributed by atoms with Gasteiger partial charge in [-0.2, -0.15) is 13.2 Å². The van der Waals surface area contributed by atoms with Crippen molar-refractivity contribution in [1.82, 2.24) is 0 Å². The van der Waals surface area contributed by atoms with Crippen LogP contribution in [-0.2, 0) is 0 Å². The zero-order valence-corrected chi connectivity index (χ0v) is 6.25. The van der Waals surface area contributed by atoms with Gasteiger partial charge in [0.2, 0.25) is 0 Å². The molecule has 0 spiro atoms. The van der Waals surface area contributed by atoms with Crippen LogP contribution >= 0.6 is 0 Å². The van der Waals surface area contributed by atoms with Gasteiger partial charge in [-0.15, -0.1) is 6.58 Å². The molecule has 0 amide bonds.